The van der Waals surface area contributed by atoms with Crippen molar-refractivity contribution in [2.45, 2.75) is 33.2 Å². The fourth-order valence-electron chi connectivity index (χ4n) is 1.85. The second-order valence-electron chi connectivity index (χ2n) is 4.74. The first-order valence-corrected chi connectivity index (χ1v) is 6.37. The fourth-order valence-corrected chi connectivity index (χ4v) is 1.85. The van der Waals surface area contributed by atoms with Gasteiger partial charge in [-0.05, 0) is 30.5 Å². The first-order chi connectivity index (χ1) is 8.66. The summed E-state index contributed by atoms with van der Waals surface area (Å²) in [5.41, 5.74) is 1.34. The Hall–Kier alpha value is -1.77. The van der Waals surface area contributed by atoms with Crippen LogP contribution in [0.5, 0.6) is 5.75 Å². The molecule has 0 fully saturated rings. The SMILES string of the molecule is Cc1nccn1CCOc1ccc(C(C)C)cc1. The lowest BCUT2D eigenvalue weighted by Crippen LogP contribution is -2.08. The Bertz CT molecular complexity index is 485. The molecule has 18 heavy (non-hydrogen) atoms. The van der Waals surface area contributed by atoms with Crippen LogP contribution in [0.2, 0.25) is 0 Å². The highest BCUT2D eigenvalue weighted by Crippen LogP contribution is 2.18. The molecule has 0 aliphatic rings. The van der Waals surface area contributed by atoms with E-state index in [-0.39, 0.29) is 0 Å². The van der Waals surface area contributed by atoms with E-state index in [1.807, 2.05) is 31.5 Å². The van der Waals surface area contributed by atoms with Crippen molar-refractivity contribution in [1.82, 2.24) is 9.55 Å². The lowest BCUT2D eigenvalue weighted by Gasteiger charge is -2.10. The maximum absolute atomic E-state index is 5.72. The maximum Gasteiger partial charge on any atom is 0.119 e. The summed E-state index contributed by atoms with van der Waals surface area (Å²) in [4.78, 5) is 4.18. The molecule has 1 aromatic heterocycles. The number of nitrogens with zero attached hydrogens (tertiary/aromatic N) is 2. The summed E-state index contributed by atoms with van der Waals surface area (Å²) >= 11 is 0. The molecule has 2 aromatic rings. The minimum absolute atomic E-state index is 0.563. The van der Waals surface area contributed by atoms with E-state index in [1.165, 1.54) is 5.56 Å². The van der Waals surface area contributed by atoms with E-state index in [9.17, 15) is 0 Å². The highest BCUT2D eigenvalue weighted by atomic mass is 16.5. The Morgan fingerprint density at radius 2 is 1.94 bits per heavy atom. The topological polar surface area (TPSA) is 27.1 Å². The molecule has 3 heteroatoms. The molecule has 0 amide bonds. The minimum Gasteiger partial charge on any atom is -0.492 e. The highest BCUT2D eigenvalue weighted by molar-refractivity contribution is 5.28. The molecule has 2 rings (SSSR count). The zero-order valence-electron chi connectivity index (χ0n) is 11.3. The van der Waals surface area contributed by atoms with Crippen LogP contribution in [-0.2, 0) is 6.54 Å². The number of hydrogen-bond donors (Lipinski definition) is 0. The summed E-state index contributed by atoms with van der Waals surface area (Å²) in [7, 11) is 0. The van der Waals surface area contributed by atoms with Gasteiger partial charge in [0.05, 0.1) is 6.54 Å². The molecule has 1 heterocycles. The molecule has 0 aliphatic carbocycles. The molecule has 0 atom stereocenters. The molecule has 96 valence electrons. The smallest absolute Gasteiger partial charge is 0.119 e. The lowest BCUT2D eigenvalue weighted by atomic mass is 10.0. The molecule has 0 unspecified atom stereocenters. The van der Waals surface area contributed by atoms with Crippen molar-refractivity contribution >= 4 is 0 Å². The van der Waals surface area contributed by atoms with Crippen molar-refractivity contribution in [1.29, 1.82) is 0 Å². The number of aromatic nitrogens is 2. The van der Waals surface area contributed by atoms with E-state index in [4.69, 9.17) is 4.74 Å². The first-order valence-electron chi connectivity index (χ1n) is 6.37. The predicted molar refractivity (Wildman–Crippen MR) is 73.0 cm³/mol. The Morgan fingerprint density at radius 3 is 2.50 bits per heavy atom. The van der Waals surface area contributed by atoms with Crippen LogP contribution in [0, 0.1) is 6.92 Å². The van der Waals surface area contributed by atoms with Crippen LogP contribution in [0.4, 0.5) is 0 Å². The van der Waals surface area contributed by atoms with Crippen LogP contribution in [-0.4, -0.2) is 16.2 Å². The quantitative estimate of drug-likeness (QED) is 0.806. The van der Waals surface area contributed by atoms with Crippen molar-refractivity contribution in [3.05, 3.63) is 48.0 Å². The van der Waals surface area contributed by atoms with E-state index in [1.54, 1.807) is 0 Å². The normalized spacial score (nSPS) is 10.9. The standard InChI is InChI=1S/C15H20N2O/c1-12(2)14-4-6-15(7-5-14)18-11-10-17-9-8-16-13(17)3/h4-9,12H,10-11H2,1-3H3. The third-order valence-corrected chi connectivity index (χ3v) is 3.07. The predicted octanol–water partition coefficient (Wildman–Crippen LogP) is 3.39. The first kappa shape index (κ1) is 12.7. The Kier molecular flexibility index (Phi) is 4.03. The zero-order chi connectivity index (χ0) is 13.0. The van der Waals surface area contributed by atoms with E-state index >= 15 is 0 Å². The molecular weight excluding hydrogens is 224 g/mol. The van der Waals surface area contributed by atoms with Gasteiger partial charge in [0.2, 0.25) is 0 Å². The Labute approximate surface area is 108 Å². The second kappa shape index (κ2) is 5.71. The Balaban J connectivity index is 1.85. The molecule has 0 N–H and O–H groups in total. The molecule has 3 nitrogen and oxygen atoms in total. The van der Waals surface area contributed by atoms with Gasteiger partial charge in [0.15, 0.2) is 0 Å². The molecule has 1 aromatic carbocycles. The molecule has 0 bridgehead atoms. The molecule has 0 aliphatic heterocycles. The number of aryl methyl sites for hydroxylation is 1. The fraction of sp³-hybridized carbons (Fsp3) is 0.400. The largest absolute Gasteiger partial charge is 0.492 e. The van der Waals surface area contributed by atoms with Crippen LogP contribution in [0.1, 0.15) is 31.2 Å². The van der Waals surface area contributed by atoms with Crippen molar-refractivity contribution in [2.24, 2.45) is 0 Å². The molecule has 0 saturated carbocycles. The number of imidazole rings is 1. The van der Waals surface area contributed by atoms with E-state index in [2.05, 4.69) is 35.5 Å². The second-order valence-corrected chi connectivity index (χ2v) is 4.74. The Morgan fingerprint density at radius 1 is 1.22 bits per heavy atom. The average molecular weight is 244 g/mol. The van der Waals surface area contributed by atoms with Gasteiger partial charge in [0.25, 0.3) is 0 Å². The van der Waals surface area contributed by atoms with Gasteiger partial charge in [0.1, 0.15) is 18.2 Å². The zero-order valence-corrected chi connectivity index (χ0v) is 11.3. The van der Waals surface area contributed by atoms with E-state index < -0.39 is 0 Å². The van der Waals surface area contributed by atoms with Crippen LogP contribution >= 0.6 is 0 Å². The summed E-state index contributed by atoms with van der Waals surface area (Å²) in [6.45, 7) is 7.88. The molecule has 0 spiro atoms. The summed E-state index contributed by atoms with van der Waals surface area (Å²) < 4.78 is 7.81. The van der Waals surface area contributed by atoms with Gasteiger partial charge in [-0.25, -0.2) is 4.98 Å². The van der Waals surface area contributed by atoms with Gasteiger partial charge in [-0.2, -0.15) is 0 Å². The van der Waals surface area contributed by atoms with Crippen LogP contribution in [0.3, 0.4) is 0 Å². The summed E-state index contributed by atoms with van der Waals surface area (Å²) in [6.07, 6.45) is 3.79. The molecular formula is C15H20N2O. The third-order valence-electron chi connectivity index (χ3n) is 3.07. The number of ether oxygens (including phenoxy) is 1. The summed E-state index contributed by atoms with van der Waals surface area (Å²) in [5.74, 6) is 2.51. The van der Waals surface area contributed by atoms with Gasteiger partial charge in [-0.1, -0.05) is 26.0 Å². The van der Waals surface area contributed by atoms with Crippen LogP contribution in [0.25, 0.3) is 0 Å². The minimum atomic E-state index is 0.563. The number of rotatable bonds is 5. The summed E-state index contributed by atoms with van der Waals surface area (Å²) in [5, 5.41) is 0. The lowest BCUT2D eigenvalue weighted by molar-refractivity contribution is 0.297. The molecule has 0 saturated heterocycles. The van der Waals surface area contributed by atoms with Gasteiger partial charge < -0.3 is 9.30 Å². The highest BCUT2D eigenvalue weighted by Gasteiger charge is 2.00. The maximum atomic E-state index is 5.72. The number of hydrogen-bond acceptors (Lipinski definition) is 2. The van der Waals surface area contributed by atoms with Crippen molar-refractivity contribution < 1.29 is 4.74 Å². The van der Waals surface area contributed by atoms with Gasteiger partial charge in [-0.3, -0.25) is 0 Å². The van der Waals surface area contributed by atoms with Crippen LogP contribution in [0.15, 0.2) is 36.7 Å². The average Bonchev–Trinajstić information content (AvgIpc) is 2.76. The van der Waals surface area contributed by atoms with Crippen LogP contribution < -0.4 is 4.74 Å². The third kappa shape index (κ3) is 3.13. The number of benzene rings is 1. The van der Waals surface area contributed by atoms with Gasteiger partial charge in [0, 0.05) is 12.4 Å². The van der Waals surface area contributed by atoms with E-state index in [0.29, 0.717) is 12.5 Å². The van der Waals surface area contributed by atoms with Crippen molar-refractivity contribution in [2.75, 3.05) is 6.61 Å². The van der Waals surface area contributed by atoms with Crippen molar-refractivity contribution in [3.8, 4) is 5.75 Å². The van der Waals surface area contributed by atoms with Gasteiger partial charge >= 0.3 is 0 Å². The molecule has 0 radical (unpaired) electrons. The summed E-state index contributed by atoms with van der Waals surface area (Å²) in [6, 6.07) is 8.33. The van der Waals surface area contributed by atoms with E-state index in [0.717, 1.165) is 18.1 Å². The van der Waals surface area contributed by atoms with Gasteiger partial charge in [-0.15, -0.1) is 0 Å². The monoisotopic (exact) mass is 244 g/mol. The van der Waals surface area contributed by atoms with Crippen molar-refractivity contribution in [3.63, 3.8) is 0 Å².